The highest BCUT2D eigenvalue weighted by Gasteiger charge is 2.23. The first kappa shape index (κ1) is 32.1. The van der Waals surface area contributed by atoms with Crippen LogP contribution in [0.1, 0.15) is 40.5 Å². The van der Waals surface area contributed by atoms with Crippen molar-refractivity contribution in [3.05, 3.63) is 59.7 Å². The summed E-state index contributed by atoms with van der Waals surface area (Å²) in [5.41, 5.74) is 0.907. The number of nitrogens with one attached hydrogen (secondary N) is 2. The van der Waals surface area contributed by atoms with E-state index in [1.165, 1.54) is 24.5 Å². The number of rotatable bonds is 13. The van der Waals surface area contributed by atoms with Crippen LogP contribution in [0.3, 0.4) is 0 Å². The number of hydrogen-bond acceptors (Lipinski definition) is 9. The maximum atomic E-state index is 13.7. The molecule has 0 spiro atoms. The van der Waals surface area contributed by atoms with Crippen molar-refractivity contribution < 1.29 is 28.6 Å². The molecule has 0 bridgehead atoms. The number of esters is 1. The zero-order valence-corrected chi connectivity index (χ0v) is 25.4. The van der Waals surface area contributed by atoms with Crippen molar-refractivity contribution in [3.8, 4) is 5.75 Å². The number of aromatic nitrogens is 2. The van der Waals surface area contributed by atoms with E-state index in [0.717, 1.165) is 12.8 Å². The summed E-state index contributed by atoms with van der Waals surface area (Å²) in [6.45, 7) is 7.93. The van der Waals surface area contributed by atoms with Gasteiger partial charge in [-0.05, 0) is 70.7 Å². The summed E-state index contributed by atoms with van der Waals surface area (Å²) in [7, 11) is 0. The molecule has 230 valence electrons. The minimum Gasteiger partial charge on any atom is -0.491 e. The molecule has 10 nitrogen and oxygen atoms in total. The summed E-state index contributed by atoms with van der Waals surface area (Å²) in [5, 5.41) is 16.5. The van der Waals surface area contributed by atoms with Gasteiger partial charge >= 0.3 is 5.97 Å². The second-order valence-corrected chi connectivity index (χ2v) is 12.0. The van der Waals surface area contributed by atoms with Crippen molar-refractivity contribution in [2.75, 3.05) is 36.9 Å². The molecule has 43 heavy (non-hydrogen) atoms. The molecule has 1 aromatic heterocycles. The number of amides is 1. The van der Waals surface area contributed by atoms with Gasteiger partial charge in [0.05, 0.1) is 35.5 Å². The van der Waals surface area contributed by atoms with Crippen LogP contribution >= 0.6 is 11.6 Å². The largest absolute Gasteiger partial charge is 0.491 e. The molecule has 3 N–H and O–H groups in total. The molecule has 0 saturated heterocycles. The second kappa shape index (κ2) is 14.1. The molecule has 1 fully saturated rings. The Labute approximate surface area is 255 Å². The van der Waals surface area contributed by atoms with E-state index in [4.69, 9.17) is 21.1 Å². The lowest BCUT2D eigenvalue weighted by Crippen LogP contribution is -2.38. The number of carbonyl (C=O) groups is 2. The number of fused-ring (bicyclic) bond motifs is 1. The molecule has 0 unspecified atom stereocenters. The maximum absolute atomic E-state index is 13.7. The van der Waals surface area contributed by atoms with Gasteiger partial charge in [-0.1, -0.05) is 17.7 Å². The predicted octanol–water partition coefficient (Wildman–Crippen LogP) is 5.47. The average molecular weight is 614 g/mol. The Kier molecular flexibility index (Phi) is 10.5. The molecule has 4 rings (SSSR count). The molecule has 0 aliphatic heterocycles. The number of halogens is 2. The number of anilines is 3. The van der Waals surface area contributed by atoms with E-state index < -0.39 is 29.4 Å². The van der Waals surface area contributed by atoms with Gasteiger partial charge < -0.3 is 25.2 Å². The molecule has 1 aliphatic rings. The van der Waals surface area contributed by atoms with E-state index in [0.29, 0.717) is 46.4 Å². The van der Waals surface area contributed by atoms with Crippen LogP contribution in [-0.4, -0.2) is 69.8 Å². The molecular formula is C31H37ClFN5O5. The van der Waals surface area contributed by atoms with Gasteiger partial charge in [0, 0.05) is 36.3 Å². The van der Waals surface area contributed by atoms with Gasteiger partial charge in [0.1, 0.15) is 29.3 Å². The Balaban J connectivity index is 1.52. The first-order valence-corrected chi connectivity index (χ1v) is 14.5. The number of ether oxygens (including phenoxy) is 2. The van der Waals surface area contributed by atoms with Crippen molar-refractivity contribution in [2.45, 2.75) is 52.2 Å². The second-order valence-electron chi connectivity index (χ2n) is 11.6. The normalized spacial score (nSPS) is 14.2. The van der Waals surface area contributed by atoms with Crippen LogP contribution in [-0.2, 0) is 14.3 Å². The van der Waals surface area contributed by atoms with E-state index in [9.17, 15) is 19.1 Å². The standard InChI is InChI=1S/C31H37ClFN5O5/c1-19(39)15-38(16-29(41)43-31(2,3)4)11-5-6-28(40)37-26-13-22-25(14-27(26)42-17-20-7-8-20)34-18-35-30(22)36-21-9-10-24(33)23(32)12-21/h5-6,9-10,12-14,18-20,39H,7-8,11,15-17H2,1-4H3,(H,37,40)(H,34,35,36)/t19-/m0/s1. The summed E-state index contributed by atoms with van der Waals surface area (Å²) < 4.78 is 25.1. The summed E-state index contributed by atoms with van der Waals surface area (Å²) in [6.07, 6.45) is 5.89. The Bertz CT molecular complexity index is 1490. The van der Waals surface area contributed by atoms with Gasteiger partial charge in [0.25, 0.3) is 0 Å². The highest BCUT2D eigenvalue weighted by atomic mass is 35.5. The molecule has 1 amide bonds. The number of carbonyl (C=O) groups excluding carboxylic acids is 2. The van der Waals surface area contributed by atoms with Gasteiger partial charge in [-0.25, -0.2) is 14.4 Å². The molecule has 2 aromatic carbocycles. The fraction of sp³-hybridized carbons (Fsp3) is 0.419. The van der Waals surface area contributed by atoms with Crippen LogP contribution in [0.4, 0.5) is 21.6 Å². The topological polar surface area (TPSA) is 126 Å². The minimum absolute atomic E-state index is 0.0306. The lowest BCUT2D eigenvalue weighted by molar-refractivity contribution is -0.156. The average Bonchev–Trinajstić information content (AvgIpc) is 3.73. The Morgan fingerprint density at radius 2 is 2.00 bits per heavy atom. The van der Waals surface area contributed by atoms with Gasteiger partial charge in [-0.2, -0.15) is 0 Å². The van der Waals surface area contributed by atoms with E-state index >= 15 is 0 Å². The van der Waals surface area contributed by atoms with E-state index in [2.05, 4.69) is 20.6 Å². The molecule has 1 aliphatic carbocycles. The van der Waals surface area contributed by atoms with E-state index in [1.54, 1.807) is 56.9 Å². The molecule has 1 saturated carbocycles. The third-order valence-electron chi connectivity index (χ3n) is 6.28. The third kappa shape index (κ3) is 10.2. The van der Waals surface area contributed by atoms with Crippen LogP contribution in [0, 0.1) is 11.7 Å². The van der Waals surface area contributed by atoms with Crippen LogP contribution in [0.2, 0.25) is 5.02 Å². The SMILES string of the molecule is C[C@H](O)CN(CC=CC(=O)Nc1cc2c(Nc3ccc(F)c(Cl)c3)ncnc2cc1OCC1CC1)CC(=O)OC(C)(C)C. The summed E-state index contributed by atoms with van der Waals surface area (Å²) >= 11 is 5.95. The minimum atomic E-state index is -0.676. The summed E-state index contributed by atoms with van der Waals surface area (Å²) in [4.78, 5) is 35.7. The predicted molar refractivity (Wildman–Crippen MR) is 164 cm³/mol. The van der Waals surface area contributed by atoms with Crippen molar-refractivity contribution in [1.29, 1.82) is 0 Å². The molecule has 0 radical (unpaired) electrons. The number of nitrogens with zero attached hydrogens (tertiary/aromatic N) is 3. The lowest BCUT2D eigenvalue weighted by atomic mass is 10.1. The fourth-order valence-corrected chi connectivity index (χ4v) is 4.40. The Morgan fingerprint density at radius 1 is 1.23 bits per heavy atom. The number of aliphatic hydroxyl groups excluding tert-OH is 1. The molecule has 1 heterocycles. The van der Waals surface area contributed by atoms with E-state index in [1.807, 2.05) is 0 Å². The van der Waals surface area contributed by atoms with Gasteiger partial charge in [0.15, 0.2) is 0 Å². The van der Waals surface area contributed by atoms with Crippen molar-refractivity contribution in [2.24, 2.45) is 5.92 Å². The first-order valence-electron chi connectivity index (χ1n) is 14.1. The molecule has 12 heteroatoms. The van der Waals surface area contributed by atoms with Gasteiger partial charge in [-0.3, -0.25) is 14.5 Å². The zero-order valence-electron chi connectivity index (χ0n) is 24.7. The summed E-state index contributed by atoms with van der Waals surface area (Å²) in [5.74, 6) is 0.0133. The van der Waals surface area contributed by atoms with E-state index in [-0.39, 0.29) is 24.7 Å². The highest BCUT2D eigenvalue weighted by molar-refractivity contribution is 6.31. The van der Waals surface area contributed by atoms with Gasteiger partial charge in [-0.15, -0.1) is 0 Å². The first-order chi connectivity index (χ1) is 20.4. The van der Waals surface area contributed by atoms with Crippen molar-refractivity contribution in [3.63, 3.8) is 0 Å². The monoisotopic (exact) mass is 613 g/mol. The Morgan fingerprint density at radius 3 is 2.67 bits per heavy atom. The fourth-order valence-electron chi connectivity index (χ4n) is 4.22. The quantitative estimate of drug-likeness (QED) is 0.170. The molecule has 1 atom stereocenters. The van der Waals surface area contributed by atoms with Crippen LogP contribution in [0.25, 0.3) is 10.9 Å². The number of aliphatic hydroxyl groups is 1. The molecular weight excluding hydrogens is 577 g/mol. The lowest BCUT2D eigenvalue weighted by Gasteiger charge is -2.25. The van der Waals surface area contributed by atoms with Crippen LogP contribution in [0.15, 0.2) is 48.8 Å². The smallest absolute Gasteiger partial charge is 0.320 e. The van der Waals surface area contributed by atoms with Gasteiger partial charge in [0.2, 0.25) is 5.91 Å². The van der Waals surface area contributed by atoms with Crippen molar-refractivity contribution >= 4 is 51.6 Å². The van der Waals surface area contributed by atoms with Crippen LogP contribution < -0.4 is 15.4 Å². The molecule has 3 aromatic rings. The maximum Gasteiger partial charge on any atom is 0.320 e. The third-order valence-corrected chi connectivity index (χ3v) is 6.57. The Hall–Kier alpha value is -3.80. The highest BCUT2D eigenvalue weighted by Crippen LogP contribution is 2.36. The number of benzene rings is 2. The zero-order chi connectivity index (χ0) is 31.1. The summed E-state index contributed by atoms with van der Waals surface area (Å²) in [6, 6.07) is 7.71. The van der Waals surface area contributed by atoms with Crippen molar-refractivity contribution in [1.82, 2.24) is 14.9 Å². The number of hydrogen-bond donors (Lipinski definition) is 3. The van der Waals surface area contributed by atoms with Crippen LogP contribution in [0.5, 0.6) is 5.75 Å².